The number of sulfone groups is 1. The second kappa shape index (κ2) is 5.77. The molecule has 0 atom stereocenters. The highest BCUT2D eigenvalue weighted by atomic mass is 35.5. The van der Waals surface area contributed by atoms with E-state index in [0.29, 0.717) is 5.82 Å². The Labute approximate surface area is 142 Å². The molecular formula is C14H13ClN4O2S2. The molecule has 3 rings (SSSR count). The molecule has 2 aromatic heterocycles. The van der Waals surface area contributed by atoms with Gasteiger partial charge in [-0.05, 0) is 37.9 Å². The minimum absolute atomic E-state index is 0.0104. The third kappa shape index (κ3) is 2.71. The van der Waals surface area contributed by atoms with E-state index in [1.165, 1.54) is 4.09 Å². The largest absolute Gasteiger partial charge is 0.228 e. The first-order chi connectivity index (χ1) is 10.8. The van der Waals surface area contributed by atoms with Crippen LogP contribution >= 0.6 is 23.5 Å². The van der Waals surface area contributed by atoms with Gasteiger partial charge in [0.2, 0.25) is 9.84 Å². The summed E-state index contributed by atoms with van der Waals surface area (Å²) in [5.74, 6) is 0.392. The maximum Gasteiger partial charge on any atom is 0.226 e. The van der Waals surface area contributed by atoms with Crippen molar-refractivity contribution in [3.05, 3.63) is 40.8 Å². The highest BCUT2D eigenvalue weighted by Crippen LogP contribution is 2.31. The molecule has 3 aromatic rings. The van der Waals surface area contributed by atoms with Crippen LogP contribution in [0.1, 0.15) is 11.4 Å². The van der Waals surface area contributed by atoms with Crippen molar-refractivity contribution in [2.75, 3.05) is 6.26 Å². The molecule has 0 saturated heterocycles. The van der Waals surface area contributed by atoms with Gasteiger partial charge in [-0.2, -0.15) is 9.19 Å². The molecule has 0 aliphatic rings. The lowest BCUT2D eigenvalue weighted by Gasteiger charge is -2.06. The molecule has 0 radical (unpaired) electrons. The molecule has 2 heterocycles. The fraction of sp³-hybridized carbons (Fsp3) is 0.214. The van der Waals surface area contributed by atoms with Crippen LogP contribution in [0, 0.1) is 13.8 Å². The van der Waals surface area contributed by atoms with Crippen LogP contribution in [0.25, 0.3) is 11.0 Å². The summed E-state index contributed by atoms with van der Waals surface area (Å²) < 4.78 is 27.4. The first-order valence-electron chi connectivity index (χ1n) is 6.63. The number of hydrogen-bond acceptors (Lipinski definition) is 6. The van der Waals surface area contributed by atoms with E-state index in [0.717, 1.165) is 17.5 Å². The van der Waals surface area contributed by atoms with E-state index in [4.69, 9.17) is 11.6 Å². The Hall–Kier alpha value is -1.64. The van der Waals surface area contributed by atoms with E-state index in [1.54, 1.807) is 37.4 Å². The van der Waals surface area contributed by atoms with Gasteiger partial charge in [-0.25, -0.2) is 18.4 Å². The van der Waals surface area contributed by atoms with Gasteiger partial charge >= 0.3 is 0 Å². The number of hydrogen-bond donors (Lipinski definition) is 0. The summed E-state index contributed by atoms with van der Waals surface area (Å²) in [7, 11) is -3.78. The molecule has 0 amide bonds. The van der Waals surface area contributed by atoms with Crippen LogP contribution in [0.2, 0.25) is 5.15 Å². The van der Waals surface area contributed by atoms with Gasteiger partial charge in [0.05, 0.1) is 4.90 Å². The second-order valence-electron chi connectivity index (χ2n) is 4.94. The maximum absolute atomic E-state index is 13.0. The third-order valence-electron chi connectivity index (χ3n) is 3.28. The fourth-order valence-corrected chi connectivity index (χ4v) is 4.72. The van der Waals surface area contributed by atoms with Crippen LogP contribution in [-0.2, 0) is 9.84 Å². The molecule has 23 heavy (non-hydrogen) atoms. The molecule has 120 valence electrons. The molecular weight excluding hydrogens is 356 g/mol. The molecule has 0 aliphatic carbocycles. The van der Waals surface area contributed by atoms with Crippen molar-refractivity contribution in [3.8, 4) is 0 Å². The molecule has 0 unspecified atom stereocenters. The molecule has 6 nitrogen and oxygen atoms in total. The molecule has 0 fully saturated rings. The Bertz CT molecular complexity index is 998. The van der Waals surface area contributed by atoms with Crippen LogP contribution in [0.5, 0.6) is 0 Å². The number of fused-ring (bicyclic) bond motifs is 1. The third-order valence-corrected chi connectivity index (χ3v) is 6.04. The van der Waals surface area contributed by atoms with Crippen molar-refractivity contribution in [3.63, 3.8) is 0 Å². The van der Waals surface area contributed by atoms with E-state index in [9.17, 15) is 8.42 Å². The van der Waals surface area contributed by atoms with Gasteiger partial charge < -0.3 is 0 Å². The van der Waals surface area contributed by atoms with Crippen molar-refractivity contribution in [1.29, 1.82) is 0 Å². The molecule has 0 spiro atoms. The molecule has 1 aromatic carbocycles. The van der Waals surface area contributed by atoms with Crippen LogP contribution in [-0.4, -0.2) is 33.8 Å². The summed E-state index contributed by atoms with van der Waals surface area (Å²) >= 11 is 7.25. The number of aromatic nitrogens is 4. The number of benzene rings is 1. The smallest absolute Gasteiger partial charge is 0.226 e. The first kappa shape index (κ1) is 16.2. The Balaban J connectivity index is 2.36. The average Bonchev–Trinajstić information content (AvgIpc) is 2.87. The van der Waals surface area contributed by atoms with Gasteiger partial charge in [0.1, 0.15) is 11.3 Å². The normalized spacial score (nSPS) is 12.0. The summed E-state index contributed by atoms with van der Waals surface area (Å²) in [4.78, 5) is 8.46. The quantitative estimate of drug-likeness (QED) is 0.661. The minimum atomic E-state index is -3.78. The lowest BCUT2D eigenvalue weighted by molar-refractivity contribution is 0.591. The summed E-state index contributed by atoms with van der Waals surface area (Å²) in [6.07, 6.45) is 1.73. The van der Waals surface area contributed by atoms with Crippen LogP contribution in [0.3, 0.4) is 0 Å². The summed E-state index contributed by atoms with van der Waals surface area (Å²) in [6, 6.07) is 6.65. The molecule has 0 aliphatic heterocycles. The Morgan fingerprint density at radius 2 is 1.74 bits per heavy atom. The Kier molecular flexibility index (Phi) is 4.07. The first-order valence-corrected chi connectivity index (χ1v) is 9.68. The lowest BCUT2D eigenvalue weighted by atomic mass is 10.2. The standard InChI is InChI=1S/C14H13ClN4O2S2/c1-8-4-6-10(7-5-8)23(20,21)14-12-11(18-19(14)22-3)13(15)17-9(2)16-12/h4-7H,1-3H3. The fourth-order valence-electron chi connectivity index (χ4n) is 2.18. The van der Waals surface area contributed by atoms with Gasteiger partial charge in [0, 0.05) is 6.26 Å². The second-order valence-corrected chi connectivity index (χ2v) is 7.87. The lowest BCUT2D eigenvalue weighted by Crippen LogP contribution is -2.08. The predicted molar refractivity (Wildman–Crippen MR) is 90.6 cm³/mol. The molecule has 0 saturated carbocycles. The summed E-state index contributed by atoms with van der Waals surface area (Å²) in [6.45, 7) is 3.55. The van der Waals surface area contributed by atoms with Gasteiger partial charge in [0.15, 0.2) is 15.7 Å². The van der Waals surface area contributed by atoms with E-state index in [1.807, 2.05) is 6.92 Å². The van der Waals surface area contributed by atoms with E-state index in [2.05, 4.69) is 15.1 Å². The average molecular weight is 369 g/mol. The summed E-state index contributed by atoms with van der Waals surface area (Å²) in [5, 5.41) is 4.37. The zero-order valence-electron chi connectivity index (χ0n) is 12.6. The van der Waals surface area contributed by atoms with Gasteiger partial charge in [-0.1, -0.05) is 29.3 Å². The summed E-state index contributed by atoms with van der Waals surface area (Å²) in [5.41, 5.74) is 1.49. The van der Waals surface area contributed by atoms with Crippen LogP contribution < -0.4 is 0 Å². The molecule has 0 bridgehead atoms. The number of aryl methyl sites for hydroxylation is 2. The molecule has 0 N–H and O–H groups in total. The van der Waals surface area contributed by atoms with Gasteiger partial charge in [-0.15, -0.1) is 0 Å². The van der Waals surface area contributed by atoms with E-state index in [-0.39, 0.29) is 26.1 Å². The monoisotopic (exact) mass is 368 g/mol. The van der Waals surface area contributed by atoms with Crippen molar-refractivity contribution < 1.29 is 8.42 Å². The van der Waals surface area contributed by atoms with Crippen molar-refractivity contribution >= 4 is 44.4 Å². The van der Waals surface area contributed by atoms with Crippen molar-refractivity contribution in [1.82, 2.24) is 19.2 Å². The Morgan fingerprint density at radius 3 is 2.35 bits per heavy atom. The zero-order chi connectivity index (χ0) is 16.8. The van der Waals surface area contributed by atoms with Crippen LogP contribution in [0.4, 0.5) is 0 Å². The number of halogens is 1. The SMILES string of the molecule is CSn1nc2c(Cl)nc(C)nc2c1S(=O)(=O)c1ccc(C)cc1. The number of rotatable bonds is 3. The minimum Gasteiger partial charge on any atom is -0.228 e. The van der Waals surface area contributed by atoms with Crippen molar-refractivity contribution in [2.45, 2.75) is 23.8 Å². The highest BCUT2D eigenvalue weighted by molar-refractivity contribution is 7.98. The topological polar surface area (TPSA) is 77.7 Å². The van der Waals surface area contributed by atoms with Crippen molar-refractivity contribution in [2.24, 2.45) is 0 Å². The predicted octanol–water partition coefficient (Wildman–Crippen LogP) is 3.06. The maximum atomic E-state index is 13.0. The van der Waals surface area contributed by atoms with Gasteiger partial charge in [-0.3, -0.25) is 0 Å². The molecule has 9 heteroatoms. The van der Waals surface area contributed by atoms with Gasteiger partial charge in [0.25, 0.3) is 0 Å². The highest BCUT2D eigenvalue weighted by Gasteiger charge is 2.29. The van der Waals surface area contributed by atoms with E-state index >= 15 is 0 Å². The Morgan fingerprint density at radius 1 is 1.09 bits per heavy atom. The van der Waals surface area contributed by atoms with E-state index < -0.39 is 9.84 Å². The number of nitrogens with zero attached hydrogens (tertiary/aromatic N) is 4. The van der Waals surface area contributed by atoms with Crippen LogP contribution in [0.15, 0.2) is 34.2 Å². The zero-order valence-corrected chi connectivity index (χ0v) is 15.0.